The van der Waals surface area contributed by atoms with Gasteiger partial charge in [-0.3, -0.25) is 19.2 Å². The summed E-state index contributed by atoms with van der Waals surface area (Å²) in [6.07, 6.45) is 3.84. The maximum absolute atomic E-state index is 14.2. The molecule has 9 heteroatoms. The molecule has 2 fully saturated rings. The predicted molar refractivity (Wildman–Crippen MR) is 140 cm³/mol. The van der Waals surface area contributed by atoms with Crippen LogP contribution >= 0.6 is 0 Å². The van der Waals surface area contributed by atoms with Gasteiger partial charge in [-0.25, -0.2) is 4.90 Å². The van der Waals surface area contributed by atoms with Crippen molar-refractivity contribution in [3.8, 4) is 0 Å². The molecule has 186 valence electrons. The Morgan fingerprint density at radius 3 is 2.34 bits per heavy atom. The summed E-state index contributed by atoms with van der Waals surface area (Å²) >= 11 is 0. The minimum Gasteiger partial charge on any atom is -0.351 e. The Labute approximate surface area is 216 Å². The van der Waals surface area contributed by atoms with Crippen molar-refractivity contribution >= 4 is 52.0 Å². The molecule has 0 spiro atoms. The molecular weight excluding hydrogens is 482 g/mol. The quantitative estimate of drug-likeness (QED) is 0.312. The van der Waals surface area contributed by atoms with E-state index in [0.29, 0.717) is 22.3 Å². The van der Waals surface area contributed by atoms with Crippen LogP contribution in [0.5, 0.6) is 0 Å². The Hall–Kier alpha value is -4.92. The SMILES string of the molecule is CC(=O)c1ccc(N2C(=O)C3C(C2=O)C(C(=O)n2nnc4ccccc42)N2c4ccccc4C=CC32)cc1. The number of Topliss-reactive ketones (excluding diaryl/α,β-unsaturated/α-hetero) is 1. The fourth-order valence-corrected chi connectivity index (χ4v) is 6.05. The van der Waals surface area contributed by atoms with Gasteiger partial charge in [0.1, 0.15) is 11.6 Å². The van der Waals surface area contributed by atoms with E-state index in [-0.39, 0.29) is 11.7 Å². The first-order valence-corrected chi connectivity index (χ1v) is 12.3. The number of imide groups is 1. The van der Waals surface area contributed by atoms with E-state index in [9.17, 15) is 19.2 Å². The highest BCUT2D eigenvalue weighted by molar-refractivity contribution is 6.25. The lowest BCUT2D eigenvalue weighted by Crippen LogP contribution is -2.50. The topological polar surface area (TPSA) is 105 Å². The number of fused-ring (bicyclic) bond motifs is 6. The Morgan fingerprint density at radius 2 is 1.55 bits per heavy atom. The number of hydrogen-bond donors (Lipinski definition) is 0. The molecule has 9 nitrogen and oxygen atoms in total. The number of para-hydroxylation sites is 2. The zero-order valence-electron chi connectivity index (χ0n) is 20.3. The van der Waals surface area contributed by atoms with Gasteiger partial charge in [-0.15, -0.1) is 5.10 Å². The Kier molecular flexibility index (Phi) is 4.72. The van der Waals surface area contributed by atoms with Crippen molar-refractivity contribution in [3.63, 3.8) is 0 Å². The van der Waals surface area contributed by atoms with Crippen molar-refractivity contribution in [2.24, 2.45) is 11.8 Å². The molecule has 1 aromatic heterocycles. The predicted octanol–water partition coefficient (Wildman–Crippen LogP) is 3.36. The molecule has 0 aliphatic carbocycles. The molecule has 0 saturated carbocycles. The minimum absolute atomic E-state index is 0.111. The van der Waals surface area contributed by atoms with Gasteiger partial charge in [0.2, 0.25) is 11.8 Å². The fraction of sp³-hybridized carbons (Fsp3) is 0.172. The first kappa shape index (κ1) is 22.3. The van der Waals surface area contributed by atoms with Crippen molar-refractivity contribution < 1.29 is 19.2 Å². The van der Waals surface area contributed by atoms with Crippen molar-refractivity contribution in [1.82, 2.24) is 15.0 Å². The van der Waals surface area contributed by atoms with Gasteiger partial charge in [0.25, 0.3) is 5.91 Å². The van der Waals surface area contributed by atoms with E-state index < -0.39 is 35.7 Å². The molecule has 38 heavy (non-hydrogen) atoms. The third-order valence-corrected chi connectivity index (χ3v) is 7.76. The zero-order chi connectivity index (χ0) is 26.1. The number of amides is 2. The van der Waals surface area contributed by atoms with Gasteiger partial charge in [0.15, 0.2) is 5.78 Å². The average molecular weight is 504 g/mol. The highest BCUT2D eigenvalue weighted by Crippen LogP contribution is 2.49. The van der Waals surface area contributed by atoms with Crippen LogP contribution in [0, 0.1) is 11.8 Å². The second-order valence-electron chi connectivity index (χ2n) is 9.76. The van der Waals surface area contributed by atoms with Gasteiger partial charge in [0.05, 0.1) is 29.1 Å². The molecule has 3 aromatic carbocycles. The fourth-order valence-electron chi connectivity index (χ4n) is 6.05. The van der Waals surface area contributed by atoms with Crippen LogP contribution in [-0.4, -0.2) is 50.6 Å². The number of benzene rings is 3. The lowest BCUT2D eigenvalue weighted by molar-refractivity contribution is -0.122. The summed E-state index contributed by atoms with van der Waals surface area (Å²) in [6, 6.07) is 19.7. The lowest BCUT2D eigenvalue weighted by Gasteiger charge is -2.36. The highest BCUT2D eigenvalue weighted by Gasteiger charge is 2.64. The Bertz CT molecular complexity index is 1710. The third kappa shape index (κ3) is 2.98. The maximum Gasteiger partial charge on any atom is 0.272 e. The molecular formula is C29H21N5O4. The smallest absolute Gasteiger partial charge is 0.272 e. The van der Waals surface area contributed by atoms with E-state index in [2.05, 4.69) is 10.3 Å². The highest BCUT2D eigenvalue weighted by atomic mass is 16.2. The lowest BCUT2D eigenvalue weighted by atomic mass is 9.88. The number of anilines is 2. The van der Waals surface area contributed by atoms with Gasteiger partial charge in [0, 0.05) is 11.3 Å². The van der Waals surface area contributed by atoms with Crippen LogP contribution in [-0.2, 0) is 9.59 Å². The monoisotopic (exact) mass is 503 g/mol. The molecule has 2 saturated heterocycles. The maximum atomic E-state index is 14.2. The number of hydrogen-bond acceptors (Lipinski definition) is 7. The molecule has 4 heterocycles. The molecule has 0 radical (unpaired) electrons. The molecule has 0 bridgehead atoms. The molecule has 7 rings (SSSR count). The third-order valence-electron chi connectivity index (χ3n) is 7.76. The first-order valence-electron chi connectivity index (χ1n) is 12.3. The molecule has 4 unspecified atom stereocenters. The summed E-state index contributed by atoms with van der Waals surface area (Å²) < 4.78 is 1.24. The van der Waals surface area contributed by atoms with Crippen LogP contribution in [0.4, 0.5) is 11.4 Å². The Balaban J connectivity index is 1.37. The van der Waals surface area contributed by atoms with Crippen LogP contribution in [0.15, 0.2) is 78.9 Å². The summed E-state index contributed by atoms with van der Waals surface area (Å²) in [5, 5.41) is 8.26. The van der Waals surface area contributed by atoms with Crippen LogP contribution in [0.3, 0.4) is 0 Å². The van der Waals surface area contributed by atoms with Gasteiger partial charge >= 0.3 is 0 Å². The van der Waals surface area contributed by atoms with E-state index in [1.54, 1.807) is 42.5 Å². The largest absolute Gasteiger partial charge is 0.351 e. The summed E-state index contributed by atoms with van der Waals surface area (Å²) in [4.78, 5) is 56.9. The molecule has 4 aromatic rings. The van der Waals surface area contributed by atoms with E-state index in [1.807, 2.05) is 47.4 Å². The average Bonchev–Trinajstić information content (AvgIpc) is 3.59. The van der Waals surface area contributed by atoms with Crippen molar-refractivity contribution in [1.29, 1.82) is 0 Å². The van der Waals surface area contributed by atoms with E-state index in [0.717, 1.165) is 16.2 Å². The van der Waals surface area contributed by atoms with Crippen molar-refractivity contribution in [2.75, 3.05) is 9.80 Å². The van der Waals surface area contributed by atoms with Gasteiger partial charge in [-0.2, -0.15) is 4.68 Å². The second kappa shape index (κ2) is 8.04. The first-order chi connectivity index (χ1) is 18.5. The zero-order valence-corrected chi connectivity index (χ0v) is 20.3. The second-order valence-corrected chi connectivity index (χ2v) is 9.76. The van der Waals surface area contributed by atoms with Gasteiger partial charge in [-0.1, -0.05) is 47.7 Å². The van der Waals surface area contributed by atoms with Crippen molar-refractivity contribution in [3.05, 3.63) is 90.0 Å². The number of rotatable bonds is 3. The molecule has 3 aliphatic heterocycles. The molecule has 4 atom stereocenters. The van der Waals surface area contributed by atoms with Crippen LogP contribution < -0.4 is 9.80 Å². The summed E-state index contributed by atoms with van der Waals surface area (Å²) in [5.74, 6) is -3.03. The van der Waals surface area contributed by atoms with Crippen LogP contribution in [0.1, 0.15) is 27.6 Å². The van der Waals surface area contributed by atoms with E-state index >= 15 is 0 Å². The number of carbonyl (C=O) groups excluding carboxylic acids is 4. The standard InChI is InChI=1S/C29H21N5O4/c1-16(35)17-10-13-19(14-11-17)32-27(36)24-23-15-12-18-6-2-4-8-21(18)33(23)26(25(24)28(32)37)29(38)34-22-9-5-3-7-20(22)30-31-34/h2-15,23-26H,1H3. The minimum atomic E-state index is -0.973. The molecule has 2 amide bonds. The molecule has 3 aliphatic rings. The number of ketones is 1. The van der Waals surface area contributed by atoms with Gasteiger partial charge in [-0.05, 0) is 55.0 Å². The van der Waals surface area contributed by atoms with E-state index in [1.165, 1.54) is 11.6 Å². The van der Waals surface area contributed by atoms with Gasteiger partial charge < -0.3 is 4.90 Å². The van der Waals surface area contributed by atoms with Crippen molar-refractivity contribution in [2.45, 2.75) is 19.0 Å². The normalized spacial score (nSPS) is 23.5. The van der Waals surface area contributed by atoms with Crippen LogP contribution in [0.25, 0.3) is 17.1 Å². The molecule has 0 N–H and O–H groups in total. The number of aromatic nitrogens is 3. The summed E-state index contributed by atoms with van der Waals surface area (Å²) in [6.45, 7) is 1.46. The Morgan fingerprint density at radius 1 is 0.842 bits per heavy atom. The number of carbonyl (C=O) groups is 4. The van der Waals surface area contributed by atoms with E-state index in [4.69, 9.17) is 0 Å². The summed E-state index contributed by atoms with van der Waals surface area (Å²) in [7, 11) is 0. The summed E-state index contributed by atoms with van der Waals surface area (Å²) in [5.41, 5.74) is 3.65. The number of nitrogens with zero attached hydrogens (tertiary/aromatic N) is 5. The van der Waals surface area contributed by atoms with Crippen LogP contribution in [0.2, 0.25) is 0 Å².